The fourth-order valence-electron chi connectivity index (χ4n) is 3.97. The van der Waals surface area contributed by atoms with Crippen LogP contribution in [0.4, 0.5) is 0 Å². The standard InChI is InChI=1S/C20H25NO4/c1-14(2)15-3-4-18-17(11-15)16(12-19(22)25-18)13-21-7-5-20(6-8-21)23-9-10-24-20/h3-4,11-12,14H,5-10,13H2,1-2H3/p+1. The molecule has 2 aromatic rings. The summed E-state index contributed by atoms with van der Waals surface area (Å²) in [7, 11) is 0. The number of nitrogens with one attached hydrogen (secondary N) is 1. The molecule has 1 N–H and O–H groups in total. The summed E-state index contributed by atoms with van der Waals surface area (Å²) >= 11 is 0. The van der Waals surface area contributed by atoms with Crippen molar-refractivity contribution in [3.8, 4) is 0 Å². The van der Waals surface area contributed by atoms with Crippen LogP contribution < -0.4 is 10.5 Å². The van der Waals surface area contributed by atoms with E-state index in [2.05, 4.69) is 19.9 Å². The molecule has 2 aliphatic heterocycles. The third-order valence-electron chi connectivity index (χ3n) is 5.49. The van der Waals surface area contributed by atoms with Gasteiger partial charge in [0, 0.05) is 17.0 Å². The van der Waals surface area contributed by atoms with Crippen LogP contribution in [0.5, 0.6) is 0 Å². The number of hydrogen-bond donors (Lipinski definition) is 1. The zero-order valence-electron chi connectivity index (χ0n) is 15.0. The lowest BCUT2D eigenvalue weighted by atomic mass is 9.98. The van der Waals surface area contributed by atoms with Crippen molar-refractivity contribution in [2.75, 3.05) is 26.3 Å². The fourth-order valence-corrected chi connectivity index (χ4v) is 3.97. The second kappa shape index (κ2) is 6.56. The first-order chi connectivity index (χ1) is 12.0. The van der Waals surface area contributed by atoms with Gasteiger partial charge in [-0.25, -0.2) is 4.79 Å². The molecule has 134 valence electrons. The van der Waals surface area contributed by atoms with E-state index in [9.17, 15) is 4.79 Å². The second-order valence-electron chi connectivity index (χ2n) is 7.54. The van der Waals surface area contributed by atoms with E-state index in [1.807, 2.05) is 12.1 Å². The van der Waals surface area contributed by atoms with Crippen molar-refractivity contribution in [2.24, 2.45) is 0 Å². The van der Waals surface area contributed by atoms with E-state index >= 15 is 0 Å². The summed E-state index contributed by atoms with van der Waals surface area (Å²) in [4.78, 5) is 13.4. The first-order valence-corrected chi connectivity index (χ1v) is 9.23. The van der Waals surface area contributed by atoms with Crippen molar-refractivity contribution in [1.82, 2.24) is 0 Å². The molecule has 0 aliphatic carbocycles. The Morgan fingerprint density at radius 3 is 2.52 bits per heavy atom. The molecule has 0 radical (unpaired) electrons. The van der Waals surface area contributed by atoms with Gasteiger partial charge in [-0.2, -0.15) is 0 Å². The summed E-state index contributed by atoms with van der Waals surface area (Å²) in [6.07, 6.45) is 1.83. The van der Waals surface area contributed by atoms with Crippen LogP contribution in [0.15, 0.2) is 33.5 Å². The van der Waals surface area contributed by atoms with Crippen LogP contribution in [0.3, 0.4) is 0 Å². The van der Waals surface area contributed by atoms with Crippen molar-refractivity contribution in [3.63, 3.8) is 0 Å². The molecule has 2 aliphatic rings. The van der Waals surface area contributed by atoms with E-state index in [4.69, 9.17) is 13.9 Å². The number of piperidine rings is 1. The minimum atomic E-state index is -0.341. The minimum absolute atomic E-state index is 0.268. The topological polar surface area (TPSA) is 53.1 Å². The van der Waals surface area contributed by atoms with E-state index in [1.165, 1.54) is 10.5 Å². The molecule has 1 aromatic carbocycles. The van der Waals surface area contributed by atoms with Crippen molar-refractivity contribution < 1.29 is 18.8 Å². The number of hydrogen-bond acceptors (Lipinski definition) is 4. The molecule has 0 atom stereocenters. The molecular weight excluding hydrogens is 318 g/mol. The average Bonchev–Trinajstić information content (AvgIpc) is 3.05. The fraction of sp³-hybridized carbons (Fsp3) is 0.550. The predicted molar refractivity (Wildman–Crippen MR) is 94.8 cm³/mol. The van der Waals surface area contributed by atoms with E-state index < -0.39 is 0 Å². The molecule has 0 amide bonds. The Morgan fingerprint density at radius 2 is 1.84 bits per heavy atom. The number of likely N-dealkylation sites (tertiary alicyclic amines) is 1. The number of benzene rings is 1. The van der Waals surface area contributed by atoms with E-state index in [1.54, 1.807) is 6.07 Å². The van der Waals surface area contributed by atoms with Crippen LogP contribution in [0.1, 0.15) is 43.7 Å². The molecule has 25 heavy (non-hydrogen) atoms. The van der Waals surface area contributed by atoms with Gasteiger partial charge in [0.2, 0.25) is 0 Å². The highest BCUT2D eigenvalue weighted by Crippen LogP contribution is 2.28. The summed E-state index contributed by atoms with van der Waals surface area (Å²) in [5, 5.41) is 1.06. The zero-order valence-corrected chi connectivity index (χ0v) is 15.0. The molecule has 0 unspecified atom stereocenters. The van der Waals surface area contributed by atoms with Gasteiger partial charge in [-0.1, -0.05) is 19.9 Å². The number of rotatable bonds is 3. The first kappa shape index (κ1) is 16.8. The summed E-state index contributed by atoms with van der Waals surface area (Å²) < 4.78 is 17.0. The van der Waals surface area contributed by atoms with Gasteiger partial charge in [0.25, 0.3) is 0 Å². The number of ether oxygens (including phenoxy) is 2. The van der Waals surface area contributed by atoms with Crippen LogP contribution in [-0.2, 0) is 16.0 Å². The Labute approximate surface area is 147 Å². The van der Waals surface area contributed by atoms with Crippen LogP contribution in [0, 0.1) is 0 Å². The first-order valence-electron chi connectivity index (χ1n) is 9.23. The summed E-state index contributed by atoms with van der Waals surface area (Å²) in [6.45, 7) is 8.58. The van der Waals surface area contributed by atoms with Crippen molar-refractivity contribution in [1.29, 1.82) is 0 Å². The van der Waals surface area contributed by atoms with Crippen LogP contribution >= 0.6 is 0 Å². The third-order valence-corrected chi connectivity index (χ3v) is 5.49. The van der Waals surface area contributed by atoms with E-state index in [0.717, 1.165) is 43.4 Å². The molecular formula is C20H26NO4+. The Hall–Kier alpha value is -1.69. The van der Waals surface area contributed by atoms with Gasteiger partial charge in [0.05, 0.1) is 39.1 Å². The molecule has 3 heterocycles. The predicted octanol–water partition coefficient (Wildman–Crippen LogP) is 1.84. The van der Waals surface area contributed by atoms with Gasteiger partial charge in [-0.15, -0.1) is 0 Å². The Morgan fingerprint density at radius 1 is 1.12 bits per heavy atom. The van der Waals surface area contributed by atoms with Gasteiger partial charge < -0.3 is 18.8 Å². The van der Waals surface area contributed by atoms with Gasteiger partial charge in [0.1, 0.15) is 12.1 Å². The zero-order chi connectivity index (χ0) is 17.4. The van der Waals surface area contributed by atoms with Crippen molar-refractivity contribution >= 4 is 11.0 Å². The lowest BCUT2D eigenvalue weighted by molar-refractivity contribution is -0.922. The highest BCUT2D eigenvalue weighted by atomic mass is 16.7. The largest absolute Gasteiger partial charge is 0.423 e. The molecule has 0 bridgehead atoms. The van der Waals surface area contributed by atoms with E-state index in [-0.39, 0.29) is 11.4 Å². The Balaban J connectivity index is 1.58. The van der Waals surface area contributed by atoms with Crippen molar-refractivity contribution in [3.05, 3.63) is 45.8 Å². The normalized spacial score (nSPS) is 20.8. The monoisotopic (exact) mass is 344 g/mol. The maximum atomic E-state index is 12.0. The highest BCUT2D eigenvalue weighted by molar-refractivity contribution is 5.80. The van der Waals surface area contributed by atoms with Crippen LogP contribution in [-0.4, -0.2) is 32.1 Å². The second-order valence-corrected chi connectivity index (χ2v) is 7.54. The van der Waals surface area contributed by atoms with Gasteiger partial charge in [-0.3, -0.25) is 0 Å². The molecule has 0 saturated carbocycles. The molecule has 1 aromatic heterocycles. The van der Waals surface area contributed by atoms with E-state index in [0.29, 0.717) is 24.7 Å². The molecule has 4 rings (SSSR count). The SMILES string of the molecule is CC(C)c1ccc2oc(=O)cc(C[NH+]3CCC4(CC3)OCCO4)c2c1. The average molecular weight is 344 g/mol. The summed E-state index contributed by atoms with van der Waals surface area (Å²) in [6, 6.07) is 7.81. The third kappa shape index (κ3) is 3.36. The summed E-state index contributed by atoms with van der Waals surface area (Å²) in [5.74, 6) is 0.106. The van der Waals surface area contributed by atoms with Crippen LogP contribution in [0.25, 0.3) is 11.0 Å². The van der Waals surface area contributed by atoms with Crippen molar-refractivity contribution in [2.45, 2.75) is 44.9 Å². The molecule has 2 fully saturated rings. The van der Waals surface area contributed by atoms with Gasteiger partial charge >= 0.3 is 5.63 Å². The lowest BCUT2D eigenvalue weighted by Crippen LogP contribution is -3.12. The molecule has 2 saturated heterocycles. The molecule has 1 spiro atoms. The maximum Gasteiger partial charge on any atom is 0.336 e. The Kier molecular flexibility index (Phi) is 4.40. The quantitative estimate of drug-likeness (QED) is 0.864. The summed E-state index contributed by atoms with van der Waals surface area (Å²) in [5.41, 5.74) is 2.76. The molecule has 5 heteroatoms. The smallest absolute Gasteiger partial charge is 0.336 e. The van der Waals surface area contributed by atoms with Gasteiger partial charge in [-0.05, 0) is 23.6 Å². The highest BCUT2D eigenvalue weighted by Gasteiger charge is 2.41. The number of quaternary nitrogens is 1. The lowest BCUT2D eigenvalue weighted by Gasteiger charge is -2.35. The van der Waals surface area contributed by atoms with Gasteiger partial charge in [0.15, 0.2) is 5.79 Å². The molecule has 5 nitrogen and oxygen atoms in total. The van der Waals surface area contributed by atoms with Crippen LogP contribution in [0.2, 0.25) is 0 Å². The maximum absolute atomic E-state index is 12.0. The number of fused-ring (bicyclic) bond motifs is 1. The Bertz CT molecular complexity index is 810. The minimum Gasteiger partial charge on any atom is -0.423 e.